The van der Waals surface area contributed by atoms with Crippen LogP contribution in [0.3, 0.4) is 0 Å². The highest BCUT2D eigenvalue weighted by Crippen LogP contribution is 2.35. The number of aromatic nitrogens is 2. The van der Waals surface area contributed by atoms with Gasteiger partial charge in [-0.15, -0.1) is 11.3 Å². The molecule has 2 aromatic rings. The van der Waals surface area contributed by atoms with E-state index in [4.69, 9.17) is 0 Å². The first-order chi connectivity index (χ1) is 11.1. The predicted octanol–water partition coefficient (Wildman–Crippen LogP) is 2.97. The molecule has 2 heterocycles. The lowest BCUT2D eigenvalue weighted by molar-refractivity contribution is 0.0926. The second-order valence-electron chi connectivity index (χ2n) is 5.73. The SMILES string of the molecule is Cc1csc(SC2CCC(NC(=O)c3ccc[nH]c3=O)CC2)n1. The number of carbonyl (C=O) groups is 1. The van der Waals surface area contributed by atoms with Crippen LogP contribution in [0.25, 0.3) is 0 Å². The highest BCUT2D eigenvalue weighted by atomic mass is 32.2. The smallest absolute Gasteiger partial charge is 0.260 e. The van der Waals surface area contributed by atoms with Gasteiger partial charge in [0, 0.05) is 28.6 Å². The molecule has 7 heteroatoms. The quantitative estimate of drug-likeness (QED) is 0.890. The lowest BCUT2D eigenvalue weighted by Crippen LogP contribution is -2.40. The normalized spacial score (nSPS) is 21.1. The van der Waals surface area contributed by atoms with Crippen molar-refractivity contribution in [3.05, 3.63) is 45.3 Å². The van der Waals surface area contributed by atoms with Gasteiger partial charge in [-0.2, -0.15) is 0 Å². The van der Waals surface area contributed by atoms with Crippen molar-refractivity contribution in [2.45, 2.75) is 48.2 Å². The molecule has 2 aromatic heterocycles. The Morgan fingerprint density at radius 2 is 2.17 bits per heavy atom. The molecule has 23 heavy (non-hydrogen) atoms. The Morgan fingerprint density at radius 1 is 1.39 bits per heavy atom. The molecule has 0 atom stereocenters. The molecule has 1 aliphatic carbocycles. The number of rotatable bonds is 4. The fourth-order valence-electron chi connectivity index (χ4n) is 2.72. The third-order valence-electron chi connectivity index (χ3n) is 3.94. The van der Waals surface area contributed by atoms with Crippen molar-refractivity contribution in [2.75, 3.05) is 0 Å². The lowest BCUT2D eigenvalue weighted by atomic mass is 9.95. The summed E-state index contributed by atoms with van der Waals surface area (Å²) in [7, 11) is 0. The van der Waals surface area contributed by atoms with Gasteiger partial charge in [-0.1, -0.05) is 11.8 Å². The molecular weight excluding hydrogens is 330 g/mol. The van der Waals surface area contributed by atoms with Gasteiger partial charge in [-0.25, -0.2) is 4.98 Å². The van der Waals surface area contributed by atoms with E-state index in [1.54, 1.807) is 23.5 Å². The van der Waals surface area contributed by atoms with Crippen LogP contribution < -0.4 is 10.9 Å². The molecule has 0 unspecified atom stereocenters. The summed E-state index contributed by atoms with van der Waals surface area (Å²) in [6.07, 6.45) is 5.53. The molecule has 0 aromatic carbocycles. The topological polar surface area (TPSA) is 74.8 Å². The van der Waals surface area contributed by atoms with E-state index in [2.05, 4.69) is 20.7 Å². The molecule has 0 spiro atoms. The van der Waals surface area contributed by atoms with Gasteiger partial charge >= 0.3 is 0 Å². The second-order valence-corrected chi connectivity index (χ2v) is 8.14. The molecular formula is C16H19N3O2S2. The predicted molar refractivity (Wildman–Crippen MR) is 93.3 cm³/mol. The number of thioether (sulfide) groups is 1. The van der Waals surface area contributed by atoms with E-state index in [1.807, 2.05) is 18.7 Å². The highest BCUT2D eigenvalue weighted by molar-refractivity contribution is 8.01. The Labute approximate surface area is 142 Å². The molecule has 122 valence electrons. The number of nitrogens with one attached hydrogen (secondary N) is 2. The number of nitrogens with zero attached hydrogens (tertiary/aromatic N) is 1. The zero-order valence-corrected chi connectivity index (χ0v) is 14.5. The fourth-order valence-corrected chi connectivity index (χ4v) is 5.00. The monoisotopic (exact) mass is 349 g/mol. The van der Waals surface area contributed by atoms with Gasteiger partial charge in [0.15, 0.2) is 0 Å². The van der Waals surface area contributed by atoms with Crippen LogP contribution in [0.1, 0.15) is 41.7 Å². The van der Waals surface area contributed by atoms with Crippen LogP contribution in [0.4, 0.5) is 0 Å². The number of thiazole rings is 1. The molecule has 2 N–H and O–H groups in total. The zero-order chi connectivity index (χ0) is 16.2. The largest absolute Gasteiger partial charge is 0.349 e. The van der Waals surface area contributed by atoms with Crippen molar-refractivity contribution in [2.24, 2.45) is 0 Å². The Hall–Kier alpha value is -1.60. The number of aromatic amines is 1. The second kappa shape index (κ2) is 7.31. The van der Waals surface area contributed by atoms with Crippen molar-refractivity contribution >= 4 is 29.0 Å². The van der Waals surface area contributed by atoms with Crippen LogP contribution >= 0.6 is 23.1 Å². The standard InChI is InChI=1S/C16H19N3O2S2/c1-10-9-22-16(18-10)23-12-6-4-11(5-7-12)19-15(21)13-3-2-8-17-14(13)20/h2-3,8-9,11-12H,4-7H2,1H3,(H,17,20)(H,19,21). The van der Waals surface area contributed by atoms with Crippen molar-refractivity contribution in [1.82, 2.24) is 15.3 Å². The van der Waals surface area contributed by atoms with Crippen molar-refractivity contribution in [3.8, 4) is 0 Å². The van der Waals surface area contributed by atoms with E-state index in [1.165, 1.54) is 6.20 Å². The third-order valence-corrected chi connectivity index (χ3v) is 6.36. The Balaban J connectivity index is 1.50. The average Bonchev–Trinajstić information content (AvgIpc) is 2.95. The summed E-state index contributed by atoms with van der Waals surface area (Å²) in [6, 6.07) is 3.37. The molecule has 3 rings (SSSR count). The molecule has 1 saturated carbocycles. The molecule has 0 aliphatic heterocycles. The van der Waals surface area contributed by atoms with Crippen LogP contribution in [0.15, 0.2) is 32.8 Å². The molecule has 1 aliphatic rings. The van der Waals surface area contributed by atoms with E-state index in [9.17, 15) is 9.59 Å². The summed E-state index contributed by atoms with van der Waals surface area (Å²) in [5.41, 5.74) is 0.919. The summed E-state index contributed by atoms with van der Waals surface area (Å²) < 4.78 is 1.13. The molecule has 0 bridgehead atoms. The number of pyridine rings is 1. The number of H-pyrrole nitrogens is 1. The lowest BCUT2D eigenvalue weighted by Gasteiger charge is -2.28. The van der Waals surface area contributed by atoms with E-state index >= 15 is 0 Å². The maximum atomic E-state index is 12.2. The van der Waals surface area contributed by atoms with E-state index in [0.717, 1.165) is 35.7 Å². The molecule has 0 radical (unpaired) electrons. The van der Waals surface area contributed by atoms with Gasteiger partial charge in [-0.05, 0) is 44.7 Å². The Kier molecular flexibility index (Phi) is 5.17. The Bertz CT molecular complexity index is 733. The van der Waals surface area contributed by atoms with E-state index in [0.29, 0.717) is 5.25 Å². The van der Waals surface area contributed by atoms with E-state index < -0.39 is 0 Å². The van der Waals surface area contributed by atoms with Crippen LogP contribution in [-0.2, 0) is 0 Å². The molecule has 5 nitrogen and oxygen atoms in total. The van der Waals surface area contributed by atoms with E-state index in [-0.39, 0.29) is 23.1 Å². The summed E-state index contributed by atoms with van der Waals surface area (Å²) in [5, 5.41) is 5.62. The summed E-state index contributed by atoms with van der Waals surface area (Å²) in [6.45, 7) is 2.01. The maximum absolute atomic E-state index is 12.2. The van der Waals surface area contributed by atoms with Crippen LogP contribution in [0, 0.1) is 6.92 Å². The Morgan fingerprint density at radius 3 is 2.83 bits per heavy atom. The summed E-state index contributed by atoms with van der Waals surface area (Å²) in [4.78, 5) is 30.8. The first-order valence-corrected chi connectivity index (χ1v) is 9.45. The van der Waals surface area contributed by atoms with Crippen LogP contribution in [0.2, 0.25) is 0 Å². The van der Waals surface area contributed by atoms with Crippen molar-refractivity contribution < 1.29 is 4.79 Å². The first-order valence-electron chi connectivity index (χ1n) is 7.69. The minimum Gasteiger partial charge on any atom is -0.349 e. The third kappa shape index (κ3) is 4.23. The van der Waals surface area contributed by atoms with Gasteiger partial charge in [0.25, 0.3) is 11.5 Å². The van der Waals surface area contributed by atoms with Crippen LogP contribution in [-0.4, -0.2) is 27.2 Å². The fraction of sp³-hybridized carbons (Fsp3) is 0.438. The minimum absolute atomic E-state index is 0.150. The number of amides is 1. The summed E-state index contributed by atoms with van der Waals surface area (Å²) >= 11 is 3.54. The van der Waals surface area contributed by atoms with Gasteiger partial charge < -0.3 is 10.3 Å². The van der Waals surface area contributed by atoms with Gasteiger partial charge in [-0.3, -0.25) is 9.59 Å². The number of carbonyl (C=O) groups excluding carboxylic acids is 1. The molecule has 1 fully saturated rings. The first kappa shape index (κ1) is 16.3. The van der Waals surface area contributed by atoms with Crippen molar-refractivity contribution in [3.63, 3.8) is 0 Å². The molecule has 0 saturated heterocycles. The molecule has 1 amide bonds. The average molecular weight is 349 g/mol. The summed E-state index contributed by atoms with van der Waals surface area (Å²) in [5.74, 6) is -0.279. The minimum atomic E-state index is -0.339. The van der Waals surface area contributed by atoms with Crippen LogP contribution in [0.5, 0.6) is 0 Å². The maximum Gasteiger partial charge on any atom is 0.260 e. The van der Waals surface area contributed by atoms with Gasteiger partial charge in [0.05, 0.1) is 0 Å². The zero-order valence-electron chi connectivity index (χ0n) is 12.9. The van der Waals surface area contributed by atoms with Gasteiger partial charge in [0.1, 0.15) is 9.90 Å². The highest BCUT2D eigenvalue weighted by Gasteiger charge is 2.24. The number of hydrogen-bond donors (Lipinski definition) is 2. The number of aryl methyl sites for hydroxylation is 1. The van der Waals surface area contributed by atoms with Crippen molar-refractivity contribution in [1.29, 1.82) is 0 Å². The van der Waals surface area contributed by atoms with Gasteiger partial charge in [0.2, 0.25) is 0 Å². The number of hydrogen-bond acceptors (Lipinski definition) is 5.